The Balaban J connectivity index is 2.07. The van der Waals surface area contributed by atoms with Gasteiger partial charge in [-0.2, -0.15) is 0 Å². The van der Waals surface area contributed by atoms with Gasteiger partial charge >= 0.3 is 0 Å². The highest BCUT2D eigenvalue weighted by Crippen LogP contribution is 2.34. The maximum atomic E-state index is 5.72. The lowest BCUT2D eigenvalue weighted by Crippen LogP contribution is -2.03. The fourth-order valence-electron chi connectivity index (χ4n) is 2.70. The normalized spacial score (nSPS) is 10.7. The SMILES string of the molecule is CCNc1ncc2ccccc2c1-c1ccc(NCCCl)cc1. The van der Waals surface area contributed by atoms with Crippen LogP contribution in [0.3, 0.4) is 0 Å². The van der Waals surface area contributed by atoms with Crippen molar-refractivity contribution in [1.82, 2.24) is 4.98 Å². The van der Waals surface area contributed by atoms with E-state index >= 15 is 0 Å². The van der Waals surface area contributed by atoms with E-state index in [0.29, 0.717) is 5.88 Å². The van der Waals surface area contributed by atoms with Crippen molar-refractivity contribution in [1.29, 1.82) is 0 Å². The van der Waals surface area contributed by atoms with Crippen LogP contribution in [0, 0.1) is 0 Å². The first kappa shape index (κ1) is 15.6. The van der Waals surface area contributed by atoms with Crippen LogP contribution in [0.1, 0.15) is 6.92 Å². The minimum Gasteiger partial charge on any atom is -0.384 e. The lowest BCUT2D eigenvalue weighted by atomic mass is 9.99. The average molecular weight is 326 g/mol. The topological polar surface area (TPSA) is 37.0 Å². The Hall–Kier alpha value is -2.26. The van der Waals surface area contributed by atoms with Gasteiger partial charge in [0.15, 0.2) is 0 Å². The number of nitrogens with zero attached hydrogens (tertiary/aromatic N) is 1. The molecule has 0 spiro atoms. The van der Waals surface area contributed by atoms with Gasteiger partial charge in [0, 0.05) is 41.8 Å². The van der Waals surface area contributed by atoms with Gasteiger partial charge in [-0.05, 0) is 30.0 Å². The number of aromatic nitrogens is 1. The summed E-state index contributed by atoms with van der Waals surface area (Å²) in [7, 11) is 0. The molecular weight excluding hydrogens is 306 g/mol. The minimum absolute atomic E-state index is 0.597. The smallest absolute Gasteiger partial charge is 0.134 e. The van der Waals surface area contributed by atoms with Gasteiger partial charge in [0.25, 0.3) is 0 Å². The Morgan fingerprint density at radius 2 is 1.78 bits per heavy atom. The lowest BCUT2D eigenvalue weighted by molar-refractivity contribution is 1.17. The largest absolute Gasteiger partial charge is 0.384 e. The summed E-state index contributed by atoms with van der Waals surface area (Å²) in [6.45, 7) is 3.69. The molecule has 2 N–H and O–H groups in total. The molecule has 1 heterocycles. The Morgan fingerprint density at radius 3 is 2.52 bits per heavy atom. The van der Waals surface area contributed by atoms with Crippen molar-refractivity contribution < 1.29 is 0 Å². The van der Waals surface area contributed by atoms with Crippen molar-refractivity contribution in [2.24, 2.45) is 0 Å². The molecule has 0 unspecified atom stereocenters. The van der Waals surface area contributed by atoms with E-state index in [9.17, 15) is 0 Å². The van der Waals surface area contributed by atoms with Crippen LogP contribution in [-0.2, 0) is 0 Å². The first-order valence-electron chi connectivity index (χ1n) is 7.85. The minimum atomic E-state index is 0.597. The van der Waals surface area contributed by atoms with Crippen LogP contribution < -0.4 is 10.6 Å². The van der Waals surface area contributed by atoms with Gasteiger partial charge in [0.1, 0.15) is 5.82 Å². The van der Waals surface area contributed by atoms with E-state index in [1.807, 2.05) is 12.3 Å². The van der Waals surface area contributed by atoms with Crippen LogP contribution in [0.15, 0.2) is 54.7 Å². The number of halogens is 1. The zero-order valence-corrected chi connectivity index (χ0v) is 13.9. The maximum absolute atomic E-state index is 5.72. The second-order valence-corrected chi connectivity index (χ2v) is 5.67. The predicted molar refractivity (Wildman–Crippen MR) is 101 cm³/mol. The number of fused-ring (bicyclic) bond motifs is 1. The Labute approximate surface area is 141 Å². The summed E-state index contributed by atoms with van der Waals surface area (Å²) >= 11 is 5.72. The molecule has 0 aliphatic rings. The number of nitrogens with one attached hydrogen (secondary N) is 2. The third-order valence-corrected chi connectivity index (χ3v) is 3.93. The van der Waals surface area contributed by atoms with E-state index in [2.05, 4.69) is 65.0 Å². The van der Waals surface area contributed by atoms with Crippen LogP contribution in [-0.4, -0.2) is 24.0 Å². The van der Waals surface area contributed by atoms with E-state index in [-0.39, 0.29) is 0 Å². The molecule has 3 nitrogen and oxygen atoms in total. The summed E-state index contributed by atoms with van der Waals surface area (Å²) in [4.78, 5) is 4.60. The molecule has 0 fully saturated rings. The van der Waals surface area contributed by atoms with E-state index < -0.39 is 0 Å². The fraction of sp³-hybridized carbons (Fsp3) is 0.211. The van der Waals surface area contributed by atoms with Crippen LogP contribution >= 0.6 is 11.6 Å². The van der Waals surface area contributed by atoms with Gasteiger partial charge in [-0.15, -0.1) is 11.6 Å². The van der Waals surface area contributed by atoms with Gasteiger partial charge in [0.05, 0.1) is 0 Å². The van der Waals surface area contributed by atoms with E-state index in [1.54, 1.807) is 0 Å². The highest BCUT2D eigenvalue weighted by Gasteiger charge is 2.11. The third-order valence-electron chi connectivity index (χ3n) is 3.74. The third kappa shape index (κ3) is 3.40. The van der Waals surface area contributed by atoms with Crippen molar-refractivity contribution >= 4 is 33.9 Å². The molecule has 3 rings (SSSR count). The lowest BCUT2D eigenvalue weighted by Gasteiger charge is -2.14. The number of hydrogen-bond donors (Lipinski definition) is 2. The predicted octanol–water partition coefficient (Wildman–Crippen LogP) is 4.98. The molecule has 118 valence electrons. The van der Waals surface area contributed by atoms with Crippen LogP contribution in [0.2, 0.25) is 0 Å². The standard InChI is InChI=1S/C19H20ClN3/c1-2-21-19-18(17-6-4-3-5-15(17)13-23-19)14-7-9-16(10-8-14)22-12-11-20/h3-10,13,22H,2,11-12H2,1H3,(H,21,23). The molecule has 0 aliphatic heterocycles. The zero-order valence-electron chi connectivity index (χ0n) is 13.1. The van der Waals surface area contributed by atoms with Crippen molar-refractivity contribution in [3.05, 3.63) is 54.7 Å². The van der Waals surface area contributed by atoms with Gasteiger partial charge in [-0.25, -0.2) is 4.98 Å². The van der Waals surface area contributed by atoms with Crippen molar-refractivity contribution in [3.63, 3.8) is 0 Å². The number of pyridine rings is 1. The summed E-state index contributed by atoms with van der Waals surface area (Å²) in [5.74, 6) is 1.52. The highest BCUT2D eigenvalue weighted by molar-refractivity contribution is 6.18. The number of rotatable bonds is 6. The van der Waals surface area contributed by atoms with Crippen LogP contribution in [0.4, 0.5) is 11.5 Å². The first-order chi connectivity index (χ1) is 11.3. The molecule has 1 aromatic heterocycles. The molecule has 3 aromatic rings. The zero-order chi connectivity index (χ0) is 16.1. The molecule has 0 saturated carbocycles. The summed E-state index contributed by atoms with van der Waals surface area (Å²) < 4.78 is 0. The first-order valence-corrected chi connectivity index (χ1v) is 8.39. The highest BCUT2D eigenvalue weighted by atomic mass is 35.5. The molecule has 0 aliphatic carbocycles. The summed E-state index contributed by atoms with van der Waals surface area (Å²) in [6.07, 6.45) is 1.92. The number of anilines is 2. The van der Waals surface area contributed by atoms with E-state index in [1.165, 1.54) is 5.39 Å². The van der Waals surface area contributed by atoms with Crippen LogP contribution in [0.25, 0.3) is 21.9 Å². The second kappa shape index (κ2) is 7.34. The number of benzene rings is 2. The molecule has 4 heteroatoms. The molecule has 23 heavy (non-hydrogen) atoms. The molecule has 2 aromatic carbocycles. The van der Waals surface area contributed by atoms with Gasteiger partial charge < -0.3 is 10.6 Å². The molecule has 0 bridgehead atoms. The molecule has 0 saturated heterocycles. The maximum Gasteiger partial charge on any atom is 0.134 e. The Morgan fingerprint density at radius 1 is 1.00 bits per heavy atom. The number of alkyl halides is 1. The van der Waals surface area contributed by atoms with Crippen molar-refractivity contribution in [2.75, 3.05) is 29.6 Å². The summed E-state index contributed by atoms with van der Waals surface area (Å²) in [6, 6.07) is 16.8. The summed E-state index contributed by atoms with van der Waals surface area (Å²) in [5.41, 5.74) is 3.38. The van der Waals surface area contributed by atoms with Crippen LogP contribution in [0.5, 0.6) is 0 Å². The molecule has 0 amide bonds. The second-order valence-electron chi connectivity index (χ2n) is 5.29. The summed E-state index contributed by atoms with van der Waals surface area (Å²) in [5, 5.41) is 9.01. The quantitative estimate of drug-likeness (QED) is 0.627. The molecule has 0 radical (unpaired) electrons. The monoisotopic (exact) mass is 325 g/mol. The van der Waals surface area contributed by atoms with E-state index in [4.69, 9.17) is 11.6 Å². The van der Waals surface area contributed by atoms with Crippen molar-refractivity contribution in [2.45, 2.75) is 6.92 Å². The van der Waals surface area contributed by atoms with Gasteiger partial charge in [0.2, 0.25) is 0 Å². The number of hydrogen-bond acceptors (Lipinski definition) is 3. The van der Waals surface area contributed by atoms with Crippen molar-refractivity contribution in [3.8, 4) is 11.1 Å². The molecular formula is C19H20ClN3. The van der Waals surface area contributed by atoms with Gasteiger partial charge in [-0.1, -0.05) is 36.4 Å². The Kier molecular flexibility index (Phi) is 4.99. The fourth-order valence-corrected chi connectivity index (χ4v) is 2.80. The van der Waals surface area contributed by atoms with Gasteiger partial charge in [-0.3, -0.25) is 0 Å². The average Bonchev–Trinajstić information content (AvgIpc) is 2.60. The van der Waals surface area contributed by atoms with E-state index in [0.717, 1.165) is 41.1 Å². The Bertz CT molecular complexity index is 784. The molecule has 0 atom stereocenters.